The molecule has 1 atom stereocenters. The molecule has 2 aromatic heterocycles. The Kier molecular flexibility index (Phi) is 4.01. The highest BCUT2D eigenvalue weighted by Crippen LogP contribution is 2.26. The summed E-state index contributed by atoms with van der Waals surface area (Å²) in [5.41, 5.74) is 2.11. The Morgan fingerprint density at radius 3 is 3.19 bits per heavy atom. The van der Waals surface area contributed by atoms with Gasteiger partial charge in [0.2, 0.25) is 0 Å². The number of imidazole rings is 1. The van der Waals surface area contributed by atoms with Crippen LogP contribution in [0.3, 0.4) is 0 Å². The summed E-state index contributed by atoms with van der Waals surface area (Å²) >= 11 is 0. The summed E-state index contributed by atoms with van der Waals surface area (Å²) in [6.07, 6.45) is 7.53. The predicted molar refractivity (Wildman–Crippen MR) is 75.7 cm³/mol. The highest BCUT2D eigenvalue weighted by molar-refractivity contribution is 5.66. The lowest BCUT2D eigenvalue weighted by atomic mass is 9.95. The van der Waals surface area contributed by atoms with Gasteiger partial charge in [0.1, 0.15) is 6.54 Å². The second-order valence-electron chi connectivity index (χ2n) is 5.48. The van der Waals surface area contributed by atoms with Gasteiger partial charge in [-0.25, -0.2) is 4.98 Å². The van der Waals surface area contributed by atoms with Crippen LogP contribution in [0.2, 0.25) is 0 Å². The van der Waals surface area contributed by atoms with Crippen LogP contribution in [-0.2, 0) is 17.9 Å². The quantitative estimate of drug-likeness (QED) is 0.859. The third kappa shape index (κ3) is 3.49. The van der Waals surface area contributed by atoms with Gasteiger partial charge in [-0.1, -0.05) is 0 Å². The third-order valence-electron chi connectivity index (χ3n) is 3.83. The fraction of sp³-hybridized carbons (Fsp3) is 0.500. The Bertz CT molecular complexity index is 592. The van der Waals surface area contributed by atoms with Gasteiger partial charge in [0, 0.05) is 37.1 Å². The number of piperidine rings is 1. The van der Waals surface area contributed by atoms with E-state index in [1.807, 2.05) is 12.3 Å². The molecule has 1 aliphatic rings. The van der Waals surface area contributed by atoms with E-state index in [0.717, 1.165) is 43.9 Å². The fourth-order valence-corrected chi connectivity index (χ4v) is 2.87. The van der Waals surface area contributed by atoms with E-state index < -0.39 is 5.97 Å². The zero-order valence-corrected chi connectivity index (χ0v) is 11.8. The number of aromatic amines is 1. The Balaban J connectivity index is 1.62. The van der Waals surface area contributed by atoms with Crippen LogP contribution in [0.4, 0.5) is 0 Å². The highest BCUT2D eigenvalue weighted by Gasteiger charge is 2.23. The van der Waals surface area contributed by atoms with Gasteiger partial charge >= 0.3 is 5.97 Å². The first-order valence-electron chi connectivity index (χ1n) is 7.15. The van der Waals surface area contributed by atoms with Crippen molar-refractivity contribution in [1.29, 1.82) is 0 Å². The maximum Gasteiger partial charge on any atom is 0.325 e. The van der Waals surface area contributed by atoms with E-state index in [4.69, 9.17) is 5.11 Å². The summed E-state index contributed by atoms with van der Waals surface area (Å²) < 4.78 is 1.49. The SMILES string of the molecule is O=C(O)Cn1ccc([C@@H]2CCCN(Cc3cnc[nH]3)C2)n1. The number of aromatic nitrogens is 4. The number of nitrogens with one attached hydrogen (secondary N) is 1. The van der Waals surface area contributed by atoms with Crippen LogP contribution in [0.25, 0.3) is 0 Å². The van der Waals surface area contributed by atoms with Crippen LogP contribution in [0.15, 0.2) is 24.8 Å². The minimum absolute atomic E-state index is 0.0788. The van der Waals surface area contributed by atoms with Crippen LogP contribution >= 0.6 is 0 Å². The van der Waals surface area contributed by atoms with E-state index in [9.17, 15) is 4.79 Å². The van der Waals surface area contributed by atoms with Gasteiger partial charge in [-0.05, 0) is 25.5 Å². The van der Waals surface area contributed by atoms with Gasteiger partial charge in [0.25, 0.3) is 0 Å². The van der Waals surface area contributed by atoms with Crippen molar-refractivity contribution in [3.05, 3.63) is 36.2 Å². The smallest absolute Gasteiger partial charge is 0.325 e. The van der Waals surface area contributed by atoms with Crippen LogP contribution in [0.1, 0.15) is 30.1 Å². The first kappa shape index (κ1) is 13.8. The van der Waals surface area contributed by atoms with Gasteiger partial charge in [0.05, 0.1) is 12.0 Å². The fourth-order valence-electron chi connectivity index (χ4n) is 2.87. The number of carboxylic acid groups (broad SMARTS) is 1. The molecule has 2 N–H and O–H groups in total. The van der Waals surface area contributed by atoms with Crippen molar-refractivity contribution in [1.82, 2.24) is 24.6 Å². The van der Waals surface area contributed by atoms with Crippen molar-refractivity contribution in [2.75, 3.05) is 13.1 Å². The number of rotatable bonds is 5. The van der Waals surface area contributed by atoms with Crippen molar-refractivity contribution in [2.45, 2.75) is 31.8 Å². The van der Waals surface area contributed by atoms with E-state index in [1.165, 1.54) is 4.68 Å². The Morgan fingerprint density at radius 1 is 1.52 bits per heavy atom. The molecule has 0 aromatic carbocycles. The number of H-pyrrole nitrogens is 1. The van der Waals surface area contributed by atoms with Crippen LogP contribution < -0.4 is 0 Å². The van der Waals surface area contributed by atoms with Crippen molar-refractivity contribution >= 4 is 5.97 Å². The van der Waals surface area contributed by atoms with Crippen molar-refractivity contribution in [3.8, 4) is 0 Å². The molecule has 0 unspecified atom stereocenters. The molecule has 0 amide bonds. The number of aliphatic carboxylic acids is 1. The molecule has 2 aromatic rings. The maximum absolute atomic E-state index is 10.7. The molecule has 1 saturated heterocycles. The molecule has 7 nitrogen and oxygen atoms in total. The molecule has 1 fully saturated rings. The zero-order chi connectivity index (χ0) is 14.7. The van der Waals surface area contributed by atoms with E-state index in [0.29, 0.717) is 5.92 Å². The van der Waals surface area contributed by atoms with E-state index >= 15 is 0 Å². The number of hydrogen-bond acceptors (Lipinski definition) is 4. The summed E-state index contributed by atoms with van der Waals surface area (Å²) in [5.74, 6) is -0.495. The lowest BCUT2D eigenvalue weighted by Crippen LogP contribution is -2.34. The second-order valence-corrected chi connectivity index (χ2v) is 5.48. The standard InChI is InChI=1S/C14H19N5O2/c20-14(21)9-19-5-3-13(17-19)11-2-1-4-18(7-11)8-12-6-15-10-16-12/h3,5-6,10-11H,1-2,4,7-9H2,(H,15,16)(H,20,21)/t11-/m1/s1. The highest BCUT2D eigenvalue weighted by atomic mass is 16.4. The lowest BCUT2D eigenvalue weighted by Gasteiger charge is -2.31. The molecular formula is C14H19N5O2. The van der Waals surface area contributed by atoms with Gasteiger partial charge in [0.15, 0.2) is 0 Å². The van der Waals surface area contributed by atoms with Crippen LogP contribution in [0.5, 0.6) is 0 Å². The van der Waals surface area contributed by atoms with Crippen LogP contribution in [0, 0.1) is 0 Å². The minimum atomic E-state index is -0.867. The predicted octanol–water partition coefficient (Wildman–Crippen LogP) is 1.07. The number of carboxylic acids is 1. The molecule has 0 aliphatic carbocycles. The molecule has 7 heteroatoms. The van der Waals surface area contributed by atoms with E-state index in [1.54, 1.807) is 12.5 Å². The summed E-state index contributed by atoms with van der Waals surface area (Å²) in [7, 11) is 0. The van der Waals surface area contributed by atoms with Crippen molar-refractivity contribution < 1.29 is 9.90 Å². The number of hydrogen-bond donors (Lipinski definition) is 2. The summed E-state index contributed by atoms with van der Waals surface area (Å²) in [6.45, 7) is 2.81. The van der Waals surface area contributed by atoms with Crippen molar-refractivity contribution in [2.24, 2.45) is 0 Å². The number of likely N-dealkylation sites (tertiary alicyclic amines) is 1. The summed E-state index contributed by atoms with van der Waals surface area (Å²) in [6, 6.07) is 1.94. The summed E-state index contributed by atoms with van der Waals surface area (Å²) in [4.78, 5) is 20.3. The molecular weight excluding hydrogens is 270 g/mol. The van der Waals surface area contributed by atoms with Crippen molar-refractivity contribution in [3.63, 3.8) is 0 Å². The normalized spacial score (nSPS) is 19.7. The second kappa shape index (κ2) is 6.09. The van der Waals surface area contributed by atoms with E-state index in [2.05, 4.69) is 20.0 Å². The molecule has 1 aliphatic heterocycles. The first-order chi connectivity index (χ1) is 10.2. The Labute approximate surface area is 122 Å². The molecule has 0 radical (unpaired) electrons. The molecule has 0 spiro atoms. The Morgan fingerprint density at radius 2 is 2.43 bits per heavy atom. The van der Waals surface area contributed by atoms with Crippen LogP contribution in [-0.4, -0.2) is 48.8 Å². The maximum atomic E-state index is 10.7. The lowest BCUT2D eigenvalue weighted by molar-refractivity contribution is -0.137. The molecule has 0 saturated carbocycles. The van der Waals surface area contributed by atoms with Gasteiger partial charge < -0.3 is 10.1 Å². The first-order valence-corrected chi connectivity index (χ1v) is 7.15. The molecule has 0 bridgehead atoms. The Hall–Kier alpha value is -2.15. The third-order valence-corrected chi connectivity index (χ3v) is 3.83. The minimum Gasteiger partial charge on any atom is -0.480 e. The summed E-state index contributed by atoms with van der Waals surface area (Å²) in [5, 5.41) is 13.2. The molecule has 3 heterocycles. The molecule has 21 heavy (non-hydrogen) atoms. The topological polar surface area (TPSA) is 87.0 Å². The van der Waals surface area contributed by atoms with Gasteiger partial charge in [-0.2, -0.15) is 5.10 Å². The zero-order valence-electron chi connectivity index (χ0n) is 11.8. The average Bonchev–Trinajstić information content (AvgIpc) is 3.10. The average molecular weight is 289 g/mol. The molecule has 3 rings (SSSR count). The number of nitrogens with zero attached hydrogens (tertiary/aromatic N) is 4. The van der Waals surface area contributed by atoms with Gasteiger partial charge in [-0.3, -0.25) is 14.4 Å². The molecule has 112 valence electrons. The largest absolute Gasteiger partial charge is 0.480 e. The monoisotopic (exact) mass is 289 g/mol. The van der Waals surface area contributed by atoms with E-state index in [-0.39, 0.29) is 6.54 Å². The number of carbonyl (C=O) groups is 1. The van der Waals surface area contributed by atoms with Gasteiger partial charge in [-0.15, -0.1) is 0 Å².